The molecule has 5 nitrogen and oxygen atoms in total. The molecule has 3 N–H and O–H groups in total. The van der Waals surface area contributed by atoms with Gasteiger partial charge >= 0.3 is 6.03 Å². The van der Waals surface area contributed by atoms with E-state index < -0.39 is 0 Å². The molecule has 5 heteroatoms. The Hall–Kier alpha value is -2.69. The molecule has 0 heterocycles. The van der Waals surface area contributed by atoms with E-state index in [9.17, 15) is 9.90 Å². The van der Waals surface area contributed by atoms with Crippen LogP contribution in [0.1, 0.15) is 37.3 Å². The highest BCUT2D eigenvalue weighted by molar-refractivity contribution is 5.73. The molecule has 2 aromatic carbocycles. The fourth-order valence-corrected chi connectivity index (χ4v) is 2.63. The van der Waals surface area contributed by atoms with Crippen molar-refractivity contribution in [3.63, 3.8) is 0 Å². The van der Waals surface area contributed by atoms with Gasteiger partial charge in [-0.3, -0.25) is 0 Å². The van der Waals surface area contributed by atoms with Crippen molar-refractivity contribution in [1.82, 2.24) is 10.6 Å². The number of aryl methyl sites for hydroxylation is 1. The molecular formula is C21H28N2O3. The van der Waals surface area contributed by atoms with Crippen LogP contribution < -0.4 is 15.4 Å². The highest BCUT2D eigenvalue weighted by Crippen LogP contribution is 2.25. The van der Waals surface area contributed by atoms with Gasteiger partial charge in [0.05, 0.1) is 6.54 Å². The molecule has 26 heavy (non-hydrogen) atoms. The molecule has 0 bridgehead atoms. The number of benzene rings is 2. The van der Waals surface area contributed by atoms with Gasteiger partial charge in [-0.1, -0.05) is 44.2 Å². The Morgan fingerprint density at radius 3 is 2.46 bits per heavy atom. The Labute approximate surface area is 155 Å². The summed E-state index contributed by atoms with van der Waals surface area (Å²) in [6, 6.07) is 14.9. The lowest BCUT2D eigenvalue weighted by Crippen LogP contribution is -2.38. The second-order valence-electron chi connectivity index (χ2n) is 6.49. The maximum absolute atomic E-state index is 11.8. The van der Waals surface area contributed by atoms with E-state index in [1.165, 1.54) is 5.56 Å². The summed E-state index contributed by atoms with van der Waals surface area (Å²) in [5.74, 6) is 1.54. The van der Waals surface area contributed by atoms with Gasteiger partial charge in [-0.05, 0) is 48.1 Å². The zero-order chi connectivity index (χ0) is 18.8. The van der Waals surface area contributed by atoms with E-state index in [1.54, 1.807) is 12.1 Å². The Morgan fingerprint density at radius 1 is 1.04 bits per heavy atom. The van der Waals surface area contributed by atoms with E-state index in [-0.39, 0.29) is 11.8 Å². The maximum atomic E-state index is 11.8. The number of amides is 2. The first kappa shape index (κ1) is 19.6. The molecule has 0 atom stereocenters. The maximum Gasteiger partial charge on any atom is 0.314 e. The highest BCUT2D eigenvalue weighted by Gasteiger charge is 2.06. The van der Waals surface area contributed by atoms with Crippen LogP contribution >= 0.6 is 0 Å². The van der Waals surface area contributed by atoms with Gasteiger partial charge in [-0.25, -0.2) is 4.79 Å². The van der Waals surface area contributed by atoms with Gasteiger partial charge in [0.15, 0.2) is 0 Å². The number of hydrogen-bond donors (Lipinski definition) is 3. The van der Waals surface area contributed by atoms with Crippen LogP contribution in [0, 0.1) is 0 Å². The summed E-state index contributed by atoms with van der Waals surface area (Å²) < 4.78 is 5.78. The fraction of sp³-hybridized carbons (Fsp3) is 0.381. The monoisotopic (exact) mass is 356 g/mol. The molecular weight excluding hydrogens is 328 g/mol. The zero-order valence-electron chi connectivity index (χ0n) is 15.5. The van der Waals surface area contributed by atoms with Crippen molar-refractivity contribution in [2.75, 3.05) is 19.7 Å². The van der Waals surface area contributed by atoms with Gasteiger partial charge in [-0.2, -0.15) is 0 Å². The van der Waals surface area contributed by atoms with Crippen molar-refractivity contribution in [1.29, 1.82) is 0 Å². The predicted octanol–water partition coefficient (Wildman–Crippen LogP) is 3.83. The third-order valence-electron chi connectivity index (χ3n) is 4.05. The zero-order valence-corrected chi connectivity index (χ0v) is 15.5. The SMILES string of the molecule is CC(C)c1ccccc1OCCNC(=O)NCCCc1ccc(O)cc1. The summed E-state index contributed by atoms with van der Waals surface area (Å²) in [5, 5.41) is 14.9. The molecule has 0 unspecified atom stereocenters. The highest BCUT2D eigenvalue weighted by atomic mass is 16.5. The van der Waals surface area contributed by atoms with Crippen LogP contribution in [0.3, 0.4) is 0 Å². The lowest BCUT2D eigenvalue weighted by molar-refractivity contribution is 0.236. The van der Waals surface area contributed by atoms with Crippen molar-refractivity contribution < 1.29 is 14.6 Å². The van der Waals surface area contributed by atoms with Crippen LogP contribution in [0.5, 0.6) is 11.5 Å². The second-order valence-corrected chi connectivity index (χ2v) is 6.49. The van der Waals surface area contributed by atoms with Crippen molar-refractivity contribution in [2.45, 2.75) is 32.6 Å². The molecule has 140 valence electrons. The molecule has 0 spiro atoms. The average molecular weight is 356 g/mol. The van der Waals surface area contributed by atoms with E-state index in [2.05, 4.69) is 30.5 Å². The summed E-state index contributed by atoms with van der Waals surface area (Å²) in [4.78, 5) is 11.8. The molecule has 0 saturated heterocycles. The van der Waals surface area contributed by atoms with Gasteiger partial charge in [0.25, 0.3) is 0 Å². The number of rotatable bonds is 9. The number of nitrogens with one attached hydrogen (secondary N) is 2. The van der Waals surface area contributed by atoms with Gasteiger partial charge in [0.1, 0.15) is 18.1 Å². The van der Waals surface area contributed by atoms with Crippen molar-refractivity contribution >= 4 is 6.03 Å². The number of hydrogen-bond acceptors (Lipinski definition) is 3. The number of urea groups is 1. The second kappa shape index (κ2) is 10.3. The largest absolute Gasteiger partial charge is 0.508 e. The van der Waals surface area contributed by atoms with Crippen molar-refractivity contribution in [3.05, 3.63) is 59.7 Å². The molecule has 0 fully saturated rings. The number of phenolic OH excluding ortho intramolecular Hbond substituents is 1. The molecule has 0 aromatic heterocycles. The number of phenols is 1. The van der Waals surface area contributed by atoms with Crippen LogP contribution in [0.25, 0.3) is 0 Å². The van der Waals surface area contributed by atoms with Crippen molar-refractivity contribution in [3.8, 4) is 11.5 Å². The molecule has 0 aliphatic rings. The molecule has 0 saturated carbocycles. The van der Waals surface area contributed by atoms with Crippen LogP contribution in [-0.2, 0) is 6.42 Å². The lowest BCUT2D eigenvalue weighted by Gasteiger charge is -2.14. The number of ether oxygens (including phenoxy) is 1. The summed E-state index contributed by atoms with van der Waals surface area (Å²) in [5.41, 5.74) is 2.31. The minimum absolute atomic E-state index is 0.184. The molecule has 2 amide bonds. The Balaban J connectivity index is 1.58. The van der Waals surface area contributed by atoms with E-state index >= 15 is 0 Å². The van der Waals surface area contributed by atoms with E-state index in [0.29, 0.717) is 25.6 Å². The molecule has 0 radical (unpaired) electrons. The summed E-state index contributed by atoms with van der Waals surface area (Å²) in [6.45, 7) is 5.75. The molecule has 0 aliphatic carbocycles. The minimum atomic E-state index is -0.184. The number of para-hydroxylation sites is 1. The van der Waals surface area contributed by atoms with Crippen LogP contribution in [0.2, 0.25) is 0 Å². The number of carbonyl (C=O) groups is 1. The normalized spacial score (nSPS) is 10.6. The van der Waals surface area contributed by atoms with Gasteiger partial charge in [0, 0.05) is 6.54 Å². The van der Waals surface area contributed by atoms with Gasteiger partial charge in [-0.15, -0.1) is 0 Å². The molecule has 2 rings (SSSR count). The smallest absolute Gasteiger partial charge is 0.314 e. The Bertz CT molecular complexity index is 684. The molecule has 0 aliphatic heterocycles. The summed E-state index contributed by atoms with van der Waals surface area (Å²) >= 11 is 0. The van der Waals surface area contributed by atoms with Crippen molar-refractivity contribution in [2.24, 2.45) is 0 Å². The fourth-order valence-electron chi connectivity index (χ4n) is 2.63. The summed E-state index contributed by atoms with van der Waals surface area (Å²) in [7, 11) is 0. The van der Waals surface area contributed by atoms with Gasteiger partial charge < -0.3 is 20.5 Å². The van der Waals surface area contributed by atoms with E-state index in [4.69, 9.17) is 4.74 Å². The molecule has 2 aromatic rings. The first-order chi connectivity index (χ1) is 12.6. The first-order valence-corrected chi connectivity index (χ1v) is 9.07. The third-order valence-corrected chi connectivity index (χ3v) is 4.05. The lowest BCUT2D eigenvalue weighted by atomic mass is 10.0. The Kier molecular flexibility index (Phi) is 7.80. The van der Waals surface area contributed by atoms with Gasteiger partial charge in [0.2, 0.25) is 0 Å². The quantitative estimate of drug-likeness (QED) is 0.598. The summed E-state index contributed by atoms with van der Waals surface area (Å²) in [6.07, 6.45) is 1.70. The standard InChI is InChI=1S/C21H28N2O3/c1-16(2)19-7-3-4-8-20(19)26-15-14-23-21(25)22-13-5-6-17-9-11-18(24)12-10-17/h3-4,7-12,16,24H,5-6,13-15H2,1-2H3,(H2,22,23,25). The van der Waals surface area contributed by atoms with E-state index in [0.717, 1.165) is 24.2 Å². The predicted molar refractivity (Wildman–Crippen MR) is 104 cm³/mol. The third kappa shape index (κ3) is 6.67. The number of aromatic hydroxyl groups is 1. The topological polar surface area (TPSA) is 70.6 Å². The van der Waals surface area contributed by atoms with Crippen LogP contribution in [-0.4, -0.2) is 30.8 Å². The van der Waals surface area contributed by atoms with E-state index in [1.807, 2.05) is 30.3 Å². The van der Waals surface area contributed by atoms with Crippen LogP contribution in [0.4, 0.5) is 4.79 Å². The first-order valence-electron chi connectivity index (χ1n) is 9.07. The minimum Gasteiger partial charge on any atom is -0.508 e. The number of carbonyl (C=O) groups excluding carboxylic acids is 1. The average Bonchev–Trinajstić information content (AvgIpc) is 2.64. The van der Waals surface area contributed by atoms with Crippen LogP contribution in [0.15, 0.2) is 48.5 Å². The Morgan fingerprint density at radius 2 is 1.73 bits per heavy atom.